The molecule has 1 fully saturated rings. The SMILES string of the molecule is CC(=O)c1nn(CC(=O)N2C[C@H](F)C[C@H]2C(=O)Nc2cccc(Br)n2)c2ccc(-c3nc4ccccc4[nH]3)cc12. The van der Waals surface area contributed by atoms with Crippen LogP contribution >= 0.6 is 15.9 Å². The summed E-state index contributed by atoms with van der Waals surface area (Å²) in [6.07, 6.45) is -1.46. The molecule has 4 heterocycles. The van der Waals surface area contributed by atoms with E-state index in [2.05, 4.69) is 41.3 Å². The van der Waals surface area contributed by atoms with Crippen LogP contribution in [0.4, 0.5) is 10.2 Å². The van der Waals surface area contributed by atoms with E-state index in [9.17, 15) is 18.8 Å². The average molecular weight is 604 g/mol. The maximum Gasteiger partial charge on any atom is 0.248 e. The number of H-pyrrole nitrogens is 1. The number of benzene rings is 2. The molecule has 2 N–H and O–H groups in total. The Balaban J connectivity index is 1.28. The maximum absolute atomic E-state index is 14.5. The first-order chi connectivity index (χ1) is 19.3. The number of amides is 2. The topological polar surface area (TPSA) is 126 Å². The van der Waals surface area contributed by atoms with E-state index in [4.69, 9.17) is 0 Å². The van der Waals surface area contributed by atoms with E-state index in [0.29, 0.717) is 27.1 Å². The summed E-state index contributed by atoms with van der Waals surface area (Å²) < 4.78 is 16.4. The molecule has 5 aromatic rings. The van der Waals surface area contributed by atoms with Crippen molar-refractivity contribution in [3.05, 3.63) is 71.0 Å². The van der Waals surface area contributed by atoms with Crippen LogP contribution < -0.4 is 5.32 Å². The van der Waals surface area contributed by atoms with Crippen LogP contribution in [0, 0.1) is 0 Å². The number of para-hydroxylation sites is 2. The lowest BCUT2D eigenvalue weighted by molar-refractivity contribution is -0.137. The van der Waals surface area contributed by atoms with Gasteiger partial charge in [0.1, 0.15) is 40.7 Å². The number of likely N-dealkylation sites (tertiary alicyclic amines) is 1. The van der Waals surface area contributed by atoms with Crippen LogP contribution in [0.1, 0.15) is 23.8 Å². The number of imidazole rings is 1. The van der Waals surface area contributed by atoms with E-state index >= 15 is 0 Å². The zero-order chi connectivity index (χ0) is 28.0. The van der Waals surface area contributed by atoms with Gasteiger partial charge in [-0.1, -0.05) is 18.2 Å². The largest absolute Gasteiger partial charge is 0.338 e. The lowest BCUT2D eigenvalue weighted by Crippen LogP contribution is -2.44. The van der Waals surface area contributed by atoms with Crippen LogP contribution in [-0.4, -0.2) is 66.0 Å². The van der Waals surface area contributed by atoms with Gasteiger partial charge in [0.05, 0.1) is 23.1 Å². The number of nitrogens with zero attached hydrogens (tertiary/aromatic N) is 5. The Morgan fingerprint density at radius 1 is 1.10 bits per heavy atom. The molecule has 1 aliphatic rings. The molecule has 1 aliphatic heterocycles. The van der Waals surface area contributed by atoms with Gasteiger partial charge in [-0.3, -0.25) is 19.1 Å². The summed E-state index contributed by atoms with van der Waals surface area (Å²) in [6.45, 7) is 0.934. The minimum atomic E-state index is -1.34. The number of hydrogen-bond acceptors (Lipinski definition) is 6. The van der Waals surface area contributed by atoms with Gasteiger partial charge >= 0.3 is 0 Å². The van der Waals surface area contributed by atoms with Crippen LogP contribution in [0.2, 0.25) is 0 Å². The van der Waals surface area contributed by atoms with Gasteiger partial charge in [-0.05, 0) is 58.4 Å². The number of rotatable bonds is 6. The molecular formula is C28H23BrFN7O3. The number of alkyl halides is 1. The zero-order valence-corrected chi connectivity index (χ0v) is 22.9. The van der Waals surface area contributed by atoms with Crippen molar-refractivity contribution in [3.63, 3.8) is 0 Å². The number of carbonyl (C=O) groups excluding carboxylic acids is 3. The summed E-state index contributed by atoms with van der Waals surface area (Å²) in [5.74, 6) is -0.339. The van der Waals surface area contributed by atoms with Gasteiger partial charge < -0.3 is 15.2 Å². The molecule has 0 radical (unpaired) electrons. The van der Waals surface area contributed by atoms with Gasteiger partial charge in [0, 0.05) is 24.3 Å². The molecule has 40 heavy (non-hydrogen) atoms. The summed E-state index contributed by atoms with van der Waals surface area (Å²) in [6, 6.07) is 17.1. The highest BCUT2D eigenvalue weighted by Crippen LogP contribution is 2.28. The highest BCUT2D eigenvalue weighted by atomic mass is 79.9. The van der Waals surface area contributed by atoms with Gasteiger partial charge in [0.25, 0.3) is 0 Å². The minimum absolute atomic E-state index is 0.120. The van der Waals surface area contributed by atoms with Crippen molar-refractivity contribution in [2.45, 2.75) is 32.1 Å². The summed E-state index contributed by atoms with van der Waals surface area (Å²) in [5, 5.41) is 7.65. The molecule has 2 amide bonds. The predicted octanol–water partition coefficient (Wildman–Crippen LogP) is 4.52. The van der Waals surface area contributed by atoms with Crippen LogP contribution in [0.25, 0.3) is 33.3 Å². The van der Waals surface area contributed by atoms with Crippen molar-refractivity contribution < 1.29 is 18.8 Å². The minimum Gasteiger partial charge on any atom is -0.338 e. The summed E-state index contributed by atoms with van der Waals surface area (Å²) in [5.41, 5.74) is 3.23. The first-order valence-electron chi connectivity index (χ1n) is 12.6. The Bertz CT molecular complexity index is 1770. The second-order valence-electron chi connectivity index (χ2n) is 9.63. The number of anilines is 1. The molecular weight excluding hydrogens is 581 g/mol. The molecule has 10 nitrogen and oxygen atoms in total. The van der Waals surface area contributed by atoms with Gasteiger partial charge in [-0.25, -0.2) is 14.4 Å². The molecule has 6 rings (SSSR count). The number of halogens is 2. The number of nitrogens with one attached hydrogen (secondary N) is 2. The maximum atomic E-state index is 14.5. The Hall–Kier alpha value is -4.45. The molecule has 0 unspecified atom stereocenters. The molecule has 3 aromatic heterocycles. The van der Waals surface area contributed by atoms with Crippen molar-refractivity contribution in [2.24, 2.45) is 0 Å². The first-order valence-corrected chi connectivity index (χ1v) is 13.4. The standard InChI is InChI=1S/C28H23BrFN7O3/c1-15(38)26-18-11-16(27-31-19-5-2-3-6-20(19)32-27)9-10-21(18)37(35-26)14-25(39)36-13-17(30)12-22(36)28(40)34-24-8-4-7-23(29)33-24/h2-11,17,22H,12-14H2,1H3,(H,31,32)(H,33,34,40)/t17-,22+/m1/s1. The number of aromatic amines is 1. The third-order valence-corrected chi connectivity index (χ3v) is 7.31. The smallest absolute Gasteiger partial charge is 0.248 e. The second kappa shape index (κ2) is 10.3. The number of pyridine rings is 1. The predicted molar refractivity (Wildman–Crippen MR) is 150 cm³/mol. The lowest BCUT2D eigenvalue weighted by atomic mass is 10.1. The summed E-state index contributed by atoms with van der Waals surface area (Å²) >= 11 is 3.25. The van der Waals surface area contributed by atoms with E-state index < -0.39 is 24.0 Å². The van der Waals surface area contributed by atoms with E-state index in [1.54, 1.807) is 24.3 Å². The Kier molecular flexibility index (Phi) is 6.62. The molecule has 0 saturated carbocycles. The highest BCUT2D eigenvalue weighted by Gasteiger charge is 2.40. The number of Topliss-reactive ketones (excluding diaryl/α,β-unsaturated/α-hetero) is 1. The molecule has 2 atom stereocenters. The highest BCUT2D eigenvalue weighted by molar-refractivity contribution is 9.10. The van der Waals surface area contributed by atoms with Gasteiger partial charge in [-0.15, -0.1) is 0 Å². The molecule has 0 bridgehead atoms. The molecule has 2 aromatic carbocycles. The number of carbonyl (C=O) groups is 3. The van der Waals surface area contributed by atoms with E-state index in [0.717, 1.165) is 16.6 Å². The quantitative estimate of drug-likeness (QED) is 0.217. The number of aromatic nitrogens is 5. The fourth-order valence-electron chi connectivity index (χ4n) is 5.01. The Labute approximate surface area is 235 Å². The van der Waals surface area contributed by atoms with Crippen LogP contribution in [0.15, 0.2) is 65.3 Å². The van der Waals surface area contributed by atoms with Gasteiger partial charge in [0.2, 0.25) is 11.8 Å². The molecule has 0 aliphatic carbocycles. The van der Waals surface area contributed by atoms with Crippen LogP contribution in [-0.2, 0) is 16.1 Å². The number of hydrogen-bond donors (Lipinski definition) is 2. The van der Waals surface area contributed by atoms with Gasteiger partial charge in [0.15, 0.2) is 5.78 Å². The van der Waals surface area contributed by atoms with Crippen molar-refractivity contribution >= 4 is 61.3 Å². The van der Waals surface area contributed by atoms with Crippen molar-refractivity contribution in [2.75, 3.05) is 11.9 Å². The summed E-state index contributed by atoms with van der Waals surface area (Å²) in [7, 11) is 0. The first kappa shape index (κ1) is 25.8. The third kappa shape index (κ3) is 4.86. The monoisotopic (exact) mass is 603 g/mol. The molecule has 202 valence electrons. The van der Waals surface area contributed by atoms with Crippen molar-refractivity contribution in [1.29, 1.82) is 0 Å². The normalized spacial score (nSPS) is 17.0. The van der Waals surface area contributed by atoms with Crippen molar-refractivity contribution in [1.82, 2.24) is 29.6 Å². The van der Waals surface area contributed by atoms with E-state index in [-0.39, 0.29) is 31.0 Å². The zero-order valence-electron chi connectivity index (χ0n) is 21.3. The molecule has 1 saturated heterocycles. The summed E-state index contributed by atoms with van der Waals surface area (Å²) in [4.78, 5) is 52.1. The third-order valence-electron chi connectivity index (χ3n) is 6.87. The fraction of sp³-hybridized carbons (Fsp3) is 0.214. The van der Waals surface area contributed by atoms with E-state index in [1.807, 2.05) is 36.4 Å². The molecule has 0 spiro atoms. The van der Waals surface area contributed by atoms with Crippen LogP contribution in [0.3, 0.4) is 0 Å². The molecule has 12 heteroatoms. The number of ketones is 1. The second-order valence-corrected chi connectivity index (χ2v) is 10.4. The lowest BCUT2D eigenvalue weighted by Gasteiger charge is -2.23. The average Bonchev–Trinajstić information content (AvgIpc) is 3.63. The van der Waals surface area contributed by atoms with Crippen LogP contribution in [0.5, 0.6) is 0 Å². The Morgan fingerprint density at radius 3 is 2.70 bits per heavy atom. The van der Waals surface area contributed by atoms with Crippen molar-refractivity contribution in [3.8, 4) is 11.4 Å². The Morgan fingerprint density at radius 2 is 1.93 bits per heavy atom. The van der Waals surface area contributed by atoms with E-state index in [1.165, 1.54) is 16.5 Å². The van der Waals surface area contributed by atoms with Gasteiger partial charge in [-0.2, -0.15) is 5.10 Å². The number of fused-ring (bicyclic) bond motifs is 2. The fourth-order valence-corrected chi connectivity index (χ4v) is 5.36.